The molecule has 1 aromatic heterocycles. The Morgan fingerprint density at radius 3 is 2.36 bits per heavy atom. The van der Waals surface area contributed by atoms with Crippen molar-refractivity contribution in [2.75, 3.05) is 11.2 Å². The molecule has 0 unspecified atom stereocenters. The van der Waals surface area contributed by atoms with Crippen LogP contribution >= 0.6 is 15.9 Å². The lowest BCUT2D eigenvalue weighted by Gasteiger charge is -2.13. The van der Waals surface area contributed by atoms with Crippen LogP contribution in [0.15, 0.2) is 28.7 Å². The van der Waals surface area contributed by atoms with Crippen molar-refractivity contribution in [2.24, 2.45) is 0 Å². The number of nitrogens with one attached hydrogen (secondary N) is 2. The predicted molar refractivity (Wildman–Crippen MR) is 92.6 cm³/mol. The molecule has 0 spiro atoms. The van der Waals surface area contributed by atoms with Crippen molar-refractivity contribution < 1.29 is 4.79 Å². The van der Waals surface area contributed by atoms with Crippen molar-refractivity contribution in [1.29, 1.82) is 15.8 Å². The number of halogens is 1. The second kappa shape index (κ2) is 7.78. The molecule has 4 N–H and O–H groups in total. The van der Waals surface area contributed by atoms with Crippen LogP contribution in [0.25, 0.3) is 0 Å². The van der Waals surface area contributed by atoms with E-state index >= 15 is 0 Å². The van der Waals surface area contributed by atoms with Gasteiger partial charge in [-0.15, -0.1) is 0 Å². The lowest BCUT2D eigenvalue weighted by atomic mass is 10.0. The lowest BCUT2D eigenvalue weighted by Crippen LogP contribution is -2.30. The minimum atomic E-state index is -0.456. The number of carbonyl (C=O) groups excluding carboxylic acids is 1. The highest BCUT2D eigenvalue weighted by Crippen LogP contribution is 2.25. The zero-order chi connectivity index (χ0) is 18.4. The third kappa shape index (κ3) is 3.84. The Hall–Kier alpha value is -3.61. The summed E-state index contributed by atoms with van der Waals surface area (Å²) >= 11 is 3.27. The van der Waals surface area contributed by atoms with Gasteiger partial charge in [-0.25, -0.2) is 4.98 Å². The second-order valence-electron chi connectivity index (χ2n) is 4.72. The highest BCUT2D eigenvalue weighted by atomic mass is 79.9. The van der Waals surface area contributed by atoms with Crippen LogP contribution in [0.2, 0.25) is 0 Å². The largest absolute Gasteiger partial charge is 0.383 e. The van der Waals surface area contributed by atoms with Crippen molar-refractivity contribution in [3.63, 3.8) is 0 Å². The Bertz CT molecular complexity index is 949. The number of carbonyl (C=O) groups is 1. The smallest absolute Gasteiger partial charge is 0.269 e. The SMILES string of the molecule is N#CCc1c(C#N)c(N)nc(NNC(=O)c2ccc(Br)cc2)c1C#N. The number of hydrogen-bond acceptors (Lipinski definition) is 7. The minimum Gasteiger partial charge on any atom is -0.383 e. The topological polar surface area (TPSA) is 151 Å². The monoisotopic (exact) mass is 395 g/mol. The Morgan fingerprint density at radius 2 is 1.80 bits per heavy atom. The van der Waals surface area contributed by atoms with E-state index < -0.39 is 5.91 Å². The molecule has 122 valence electrons. The van der Waals surface area contributed by atoms with Gasteiger partial charge in [0.2, 0.25) is 0 Å². The van der Waals surface area contributed by atoms with Gasteiger partial charge in [0.1, 0.15) is 23.5 Å². The first-order valence-corrected chi connectivity index (χ1v) is 7.62. The van der Waals surface area contributed by atoms with E-state index in [1.165, 1.54) is 0 Å². The third-order valence-electron chi connectivity index (χ3n) is 3.21. The first-order chi connectivity index (χ1) is 12.0. The van der Waals surface area contributed by atoms with Gasteiger partial charge in [0, 0.05) is 15.6 Å². The van der Waals surface area contributed by atoms with Crippen molar-refractivity contribution >= 4 is 33.5 Å². The zero-order valence-electron chi connectivity index (χ0n) is 12.7. The van der Waals surface area contributed by atoms with E-state index in [0.29, 0.717) is 5.56 Å². The standard InChI is InChI=1S/C16H10BrN7O/c17-10-3-1-9(2-4-10)16(25)24-23-15-13(8-20)11(5-6-18)12(7-19)14(21)22-15/h1-4H,5H2,(H,24,25)(H3,21,22,23). The maximum absolute atomic E-state index is 12.1. The number of aromatic nitrogens is 1. The summed E-state index contributed by atoms with van der Waals surface area (Å²) in [4.78, 5) is 16.0. The highest BCUT2D eigenvalue weighted by molar-refractivity contribution is 9.10. The van der Waals surface area contributed by atoms with Gasteiger partial charge < -0.3 is 5.73 Å². The molecular formula is C16H10BrN7O. The molecule has 2 aromatic rings. The lowest BCUT2D eigenvalue weighted by molar-refractivity contribution is 0.0962. The van der Waals surface area contributed by atoms with E-state index in [2.05, 4.69) is 31.8 Å². The summed E-state index contributed by atoms with van der Waals surface area (Å²) in [6.45, 7) is 0. The van der Waals surface area contributed by atoms with Gasteiger partial charge in [-0.3, -0.25) is 15.6 Å². The van der Waals surface area contributed by atoms with E-state index in [-0.39, 0.29) is 34.7 Å². The van der Waals surface area contributed by atoms with Crippen molar-refractivity contribution in [1.82, 2.24) is 10.4 Å². The first kappa shape index (κ1) is 17.7. The number of hydrogen-bond donors (Lipinski definition) is 3. The van der Waals surface area contributed by atoms with E-state index in [1.54, 1.807) is 24.3 Å². The molecule has 0 fully saturated rings. The summed E-state index contributed by atoms with van der Waals surface area (Å²) in [6.07, 6.45) is -0.187. The van der Waals surface area contributed by atoms with E-state index in [1.807, 2.05) is 18.2 Å². The molecule has 8 nitrogen and oxygen atoms in total. The fraction of sp³-hybridized carbons (Fsp3) is 0.0625. The van der Waals surface area contributed by atoms with Gasteiger partial charge in [0.15, 0.2) is 5.82 Å². The average Bonchev–Trinajstić information content (AvgIpc) is 2.60. The molecule has 9 heteroatoms. The Balaban J connectivity index is 2.32. The summed E-state index contributed by atoms with van der Waals surface area (Å²) in [6, 6.07) is 12.2. The van der Waals surface area contributed by atoms with Crippen molar-refractivity contribution in [3.05, 3.63) is 51.0 Å². The van der Waals surface area contributed by atoms with E-state index in [0.717, 1.165) is 4.47 Å². The van der Waals surface area contributed by atoms with Crippen LogP contribution in [0.5, 0.6) is 0 Å². The predicted octanol–water partition coefficient (Wildman–Crippen LogP) is 1.99. The number of amides is 1. The molecule has 1 aromatic carbocycles. The maximum atomic E-state index is 12.1. The Kier molecular flexibility index (Phi) is 5.52. The number of pyridine rings is 1. The molecule has 2 rings (SSSR count). The Labute approximate surface area is 151 Å². The normalized spacial score (nSPS) is 9.36. The molecular weight excluding hydrogens is 386 g/mol. The molecule has 0 saturated heterocycles. The molecule has 0 aliphatic rings. The fourth-order valence-electron chi connectivity index (χ4n) is 2.04. The highest BCUT2D eigenvalue weighted by Gasteiger charge is 2.19. The molecule has 0 radical (unpaired) electrons. The van der Waals surface area contributed by atoms with Crippen molar-refractivity contribution in [3.8, 4) is 18.2 Å². The molecule has 0 aliphatic heterocycles. The molecule has 1 heterocycles. The number of nitrogen functional groups attached to an aromatic ring is 1. The van der Waals surface area contributed by atoms with Gasteiger partial charge in [-0.1, -0.05) is 15.9 Å². The first-order valence-electron chi connectivity index (χ1n) is 6.83. The summed E-state index contributed by atoms with van der Waals surface area (Å²) in [5.74, 6) is -0.621. The number of nitrogens with two attached hydrogens (primary N) is 1. The molecule has 0 aliphatic carbocycles. The van der Waals surface area contributed by atoms with Gasteiger partial charge in [-0.05, 0) is 24.3 Å². The molecule has 1 amide bonds. The number of anilines is 2. The average molecular weight is 396 g/mol. The second-order valence-corrected chi connectivity index (χ2v) is 5.63. The molecule has 0 bridgehead atoms. The van der Waals surface area contributed by atoms with Crippen LogP contribution in [0.3, 0.4) is 0 Å². The Morgan fingerprint density at radius 1 is 1.16 bits per heavy atom. The van der Waals surface area contributed by atoms with E-state index in [4.69, 9.17) is 16.3 Å². The minimum absolute atomic E-state index is 0.0246. The number of rotatable bonds is 4. The summed E-state index contributed by atoms with van der Waals surface area (Å²) in [7, 11) is 0. The quantitative estimate of drug-likeness (QED) is 0.669. The number of nitrogens with zero attached hydrogens (tertiary/aromatic N) is 4. The number of benzene rings is 1. The van der Waals surface area contributed by atoms with Gasteiger partial charge in [0.25, 0.3) is 5.91 Å². The third-order valence-corrected chi connectivity index (χ3v) is 3.74. The zero-order valence-corrected chi connectivity index (χ0v) is 14.3. The molecule has 0 atom stereocenters. The van der Waals surface area contributed by atoms with Gasteiger partial charge in [-0.2, -0.15) is 15.8 Å². The summed E-state index contributed by atoms with van der Waals surface area (Å²) in [5, 5.41) is 27.4. The molecule has 0 saturated carbocycles. The molecule has 25 heavy (non-hydrogen) atoms. The number of hydrazine groups is 1. The van der Waals surface area contributed by atoms with Crippen LogP contribution in [0.1, 0.15) is 27.0 Å². The van der Waals surface area contributed by atoms with Gasteiger partial charge >= 0.3 is 0 Å². The van der Waals surface area contributed by atoms with Crippen LogP contribution < -0.4 is 16.6 Å². The number of nitriles is 3. The van der Waals surface area contributed by atoms with Gasteiger partial charge in [0.05, 0.1) is 18.1 Å². The van der Waals surface area contributed by atoms with Crippen molar-refractivity contribution in [2.45, 2.75) is 6.42 Å². The van der Waals surface area contributed by atoms with E-state index in [9.17, 15) is 10.1 Å². The van der Waals surface area contributed by atoms with Crippen LogP contribution in [0.4, 0.5) is 11.6 Å². The van der Waals surface area contributed by atoms with Crippen LogP contribution in [0, 0.1) is 34.0 Å². The fourth-order valence-corrected chi connectivity index (χ4v) is 2.30. The van der Waals surface area contributed by atoms with Crippen LogP contribution in [-0.2, 0) is 6.42 Å². The van der Waals surface area contributed by atoms with Crippen LogP contribution in [-0.4, -0.2) is 10.9 Å². The summed E-state index contributed by atoms with van der Waals surface area (Å²) < 4.78 is 0.825. The maximum Gasteiger partial charge on any atom is 0.269 e. The summed E-state index contributed by atoms with van der Waals surface area (Å²) in [5.41, 5.74) is 11.1.